The fourth-order valence-corrected chi connectivity index (χ4v) is 4.54. The Balaban J connectivity index is 1.36. The fraction of sp³-hybridized carbons (Fsp3) is 0.312. The molecule has 3 aromatic carbocycles. The van der Waals surface area contributed by atoms with Crippen LogP contribution in [0.2, 0.25) is 0 Å². The molecule has 1 amide bonds. The molecule has 1 heterocycles. The highest BCUT2D eigenvalue weighted by Crippen LogP contribution is 2.23. The number of aryl methyl sites for hydroxylation is 3. The van der Waals surface area contributed by atoms with E-state index in [-0.39, 0.29) is 18.6 Å². The molecule has 6 heteroatoms. The maximum atomic E-state index is 12.7. The van der Waals surface area contributed by atoms with Crippen molar-refractivity contribution in [1.82, 2.24) is 14.9 Å². The number of hydrogen-bond acceptors (Lipinski definition) is 4. The highest BCUT2D eigenvalue weighted by Gasteiger charge is 2.19. The number of unbranched alkanes of at least 4 members (excludes halogenated alkanes) is 1. The van der Waals surface area contributed by atoms with Crippen molar-refractivity contribution in [1.29, 1.82) is 0 Å². The third-order valence-electron chi connectivity index (χ3n) is 6.52. The van der Waals surface area contributed by atoms with Gasteiger partial charge in [0.1, 0.15) is 17.3 Å². The molecule has 6 nitrogen and oxygen atoms in total. The van der Waals surface area contributed by atoms with E-state index in [0.717, 1.165) is 70.9 Å². The van der Waals surface area contributed by atoms with Gasteiger partial charge in [0.15, 0.2) is 6.61 Å². The van der Waals surface area contributed by atoms with E-state index in [1.165, 1.54) is 0 Å². The van der Waals surface area contributed by atoms with Gasteiger partial charge in [-0.1, -0.05) is 48.5 Å². The molecule has 0 radical (unpaired) electrons. The Morgan fingerprint density at radius 1 is 1.03 bits per heavy atom. The third-order valence-corrected chi connectivity index (χ3v) is 6.52. The lowest BCUT2D eigenvalue weighted by Gasteiger charge is -2.17. The van der Waals surface area contributed by atoms with Gasteiger partial charge in [0.2, 0.25) is 0 Å². The average Bonchev–Trinajstić information content (AvgIpc) is 3.29. The molecule has 4 rings (SSSR count). The fourth-order valence-electron chi connectivity index (χ4n) is 4.54. The largest absolute Gasteiger partial charge is 0.493 e. The number of hydrogen-bond donors (Lipinski definition) is 1. The van der Waals surface area contributed by atoms with Crippen LogP contribution in [0.4, 0.5) is 0 Å². The van der Waals surface area contributed by atoms with Gasteiger partial charge in [-0.2, -0.15) is 0 Å². The normalized spacial score (nSPS) is 11.8. The molecule has 0 aliphatic rings. The van der Waals surface area contributed by atoms with E-state index >= 15 is 0 Å². The summed E-state index contributed by atoms with van der Waals surface area (Å²) in [6.07, 6.45) is 4.51. The summed E-state index contributed by atoms with van der Waals surface area (Å²) in [7, 11) is 0. The summed E-state index contributed by atoms with van der Waals surface area (Å²) >= 11 is 0. The van der Waals surface area contributed by atoms with Gasteiger partial charge in [-0.25, -0.2) is 4.98 Å². The molecule has 0 spiro atoms. The molecule has 0 aliphatic heterocycles. The van der Waals surface area contributed by atoms with Crippen LogP contribution in [0.3, 0.4) is 0 Å². The van der Waals surface area contributed by atoms with Crippen molar-refractivity contribution in [3.63, 3.8) is 0 Å². The SMILES string of the molecule is C=CCc1ccccc1OCCCCn1c(C(C)NC(=O)COc2cc(C)ccc2C)nc2ccccc21. The molecule has 4 aromatic rings. The van der Waals surface area contributed by atoms with Crippen molar-refractivity contribution in [2.45, 2.75) is 52.6 Å². The summed E-state index contributed by atoms with van der Waals surface area (Å²) in [4.78, 5) is 17.6. The summed E-state index contributed by atoms with van der Waals surface area (Å²) in [5.74, 6) is 2.31. The highest BCUT2D eigenvalue weighted by atomic mass is 16.5. The molecule has 0 bridgehead atoms. The zero-order valence-corrected chi connectivity index (χ0v) is 22.6. The van der Waals surface area contributed by atoms with Crippen molar-refractivity contribution >= 4 is 16.9 Å². The first-order valence-corrected chi connectivity index (χ1v) is 13.2. The van der Waals surface area contributed by atoms with E-state index in [2.05, 4.69) is 28.6 Å². The summed E-state index contributed by atoms with van der Waals surface area (Å²) in [5, 5.41) is 3.06. The number of carbonyl (C=O) groups is 1. The molecule has 1 aromatic heterocycles. The van der Waals surface area contributed by atoms with Gasteiger partial charge in [-0.3, -0.25) is 4.79 Å². The minimum atomic E-state index is -0.265. The van der Waals surface area contributed by atoms with Crippen molar-refractivity contribution < 1.29 is 14.3 Å². The molecular weight excluding hydrogens is 474 g/mol. The Morgan fingerprint density at radius 3 is 2.66 bits per heavy atom. The Morgan fingerprint density at radius 2 is 1.82 bits per heavy atom. The number of imidazole rings is 1. The number of para-hydroxylation sites is 3. The van der Waals surface area contributed by atoms with Crippen molar-refractivity contribution in [3.05, 3.63) is 102 Å². The smallest absolute Gasteiger partial charge is 0.258 e. The third kappa shape index (κ3) is 6.82. The van der Waals surface area contributed by atoms with Crippen molar-refractivity contribution in [2.24, 2.45) is 0 Å². The first-order chi connectivity index (χ1) is 18.5. The van der Waals surface area contributed by atoms with E-state index < -0.39 is 0 Å². The molecule has 0 aliphatic carbocycles. The van der Waals surface area contributed by atoms with Crippen LogP contribution in [0, 0.1) is 13.8 Å². The van der Waals surface area contributed by atoms with Crippen LogP contribution < -0.4 is 14.8 Å². The molecule has 0 fully saturated rings. The van der Waals surface area contributed by atoms with Crippen LogP contribution in [-0.2, 0) is 17.8 Å². The highest BCUT2D eigenvalue weighted by molar-refractivity contribution is 5.79. The number of allylic oxidation sites excluding steroid dienone is 1. The van der Waals surface area contributed by atoms with Gasteiger partial charge in [0, 0.05) is 6.54 Å². The maximum Gasteiger partial charge on any atom is 0.258 e. The van der Waals surface area contributed by atoms with Crippen LogP contribution in [0.5, 0.6) is 11.5 Å². The summed E-state index contributed by atoms with van der Waals surface area (Å²) < 4.78 is 14.1. The van der Waals surface area contributed by atoms with Gasteiger partial charge >= 0.3 is 0 Å². The number of amides is 1. The number of fused-ring (bicyclic) bond motifs is 1. The first kappa shape index (κ1) is 27.0. The Kier molecular flexibility index (Phi) is 9.20. The lowest BCUT2D eigenvalue weighted by molar-refractivity contribution is -0.123. The molecule has 1 atom stereocenters. The van der Waals surface area contributed by atoms with Gasteiger partial charge in [0.05, 0.1) is 23.7 Å². The van der Waals surface area contributed by atoms with Crippen LogP contribution >= 0.6 is 0 Å². The second kappa shape index (κ2) is 13.0. The zero-order chi connectivity index (χ0) is 26.9. The summed E-state index contributed by atoms with van der Waals surface area (Å²) in [6, 6.07) is 21.9. The average molecular weight is 512 g/mol. The number of ether oxygens (including phenoxy) is 2. The first-order valence-electron chi connectivity index (χ1n) is 13.2. The second-order valence-electron chi connectivity index (χ2n) is 9.61. The minimum absolute atomic E-state index is 0.0421. The predicted octanol–water partition coefficient (Wildman–Crippen LogP) is 6.50. The standard InChI is InChI=1S/C32H37N3O3/c1-5-12-26-13-6-9-16-29(26)37-20-11-10-19-35-28-15-8-7-14-27(28)34-32(35)25(4)33-31(36)22-38-30-21-23(2)17-18-24(30)3/h5-9,13-18,21,25H,1,10-12,19-20,22H2,2-4H3,(H,33,36). The van der Waals surface area contributed by atoms with Crippen LogP contribution in [-0.4, -0.2) is 28.7 Å². The van der Waals surface area contributed by atoms with E-state index in [0.29, 0.717) is 6.61 Å². The Bertz CT molecular complexity index is 1390. The minimum Gasteiger partial charge on any atom is -0.493 e. The topological polar surface area (TPSA) is 65.4 Å². The number of aromatic nitrogens is 2. The molecule has 1 N–H and O–H groups in total. The van der Waals surface area contributed by atoms with Crippen LogP contribution in [0.15, 0.2) is 79.4 Å². The van der Waals surface area contributed by atoms with Crippen molar-refractivity contribution in [3.8, 4) is 11.5 Å². The molecular formula is C32H37N3O3. The molecule has 1 unspecified atom stereocenters. The Hall–Kier alpha value is -4.06. The maximum absolute atomic E-state index is 12.7. The molecule has 0 saturated carbocycles. The van der Waals surface area contributed by atoms with Gasteiger partial charge in [0.25, 0.3) is 5.91 Å². The summed E-state index contributed by atoms with van der Waals surface area (Å²) in [5.41, 5.74) is 5.24. The number of carbonyl (C=O) groups excluding carboxylic acids is 1. The van der Waals surface area contributed by atoms with E-state index in [1.54, 1.807) is 0 Å². The van der Waals surface area contributed by atoms with Gasteiger partial charge in [-0.15, -0.1) is 6.58 Å². The van der Waals surface area contributed by atoms with Crippen LogP contribution in [0.1, 0.15) is 48.3 Å². The van der Waals surface area contributed by atoms with Crippen molar-refractivity contribution in [2.75, 3.05) is 13.2 Å². The quantitative estimate of drug-likeness (QED) is 0.164. The zero-order valence-electron chi connectivity index (χ0n) is 22.6. The Labute approximate surface area is 225 Å². The molecule has 38 heavy (non-hydrogen) atoms. The lowest BCUT2D eigenvalue weighted by atomic mass is 10.1. The number of nitrogens with zero attached hydrogens (tertiary/aromatic N) is 2. The number of rotatable bonds is 13. The number of benzene rings is 3. The second-order valence-corrected chi connectivity index (χ2v) is 9.61. The van der Waals surface area contributed by atoms with E-state index in [9.17, 15) is 4.79 Å². The van der Waals surface area contributed by atoms with E-state index in [4.69, 9.17) is 14.5 Å². The van der Waals surface area contributed by atoms with E-state index in [1.807, 2.05) is 81.4 Å². The number of nitrogens with one attached hydrogen (secondary N) is 1. The monoisotopic (exact) mass is 511 g/mol. The van der Waals surface area contributed by atoms with Gasteiger partial charge in [-0.05, 0) is 81.0 Å². The van der Waals surface area contributed by atoms with Gasteiger partial charge < -0.3 is 19.4 Å². The van der Waals surface area contributed by atoms with Crippen LogP contribution in [0.25, 0.3) is 11.0 Å². The summed E-state index contributed by atoms with van der Waals surface area (Å²) in [6.45, 7) is 11.2. The predicted molar refractivity (Wildman–Crippen MR) is 153 cm³/mol. The molecule has 198 valence electrons. The molecule has 0 saturated heterocycles. The lowest BCUT2D eigenvalue weighted by Crippen LogP contribution is -2.32.